The highest BCUT2D eigenvalue weighted by Gasteiger charge is 2.17. The van der Waals surface area contributed by atoms with E-state index in [1.165, 1.54) is 48.5 Å². The Morgan fingerprint density at radius 2 is 1.56 bits per heavy atom. The van der Waals surface area contributed by atoms with E-state index < -0.39 is 15.8 Å². The number of morpholine rings is 1. The lowest BCUT2D eigenvalue weighted by atomic mass is 10.3. The van der Waals surface area contributed by atoms with Crippen molar-refractivity contribution < 1.29 is 23.1 Å². The summed E-state index contributed by atoms with van der Waals surface area (Å²) in [5.41, 5.74) is 6.56. The van der Waals surface area contributed by atoms with E-state index in [9.17, 15) is 13.2 Å². The van der Waals surface area contributed by atoms with Crippen molar-refractivity contribution >= 4 is 27.2 Å². The molecular weight excluding hydrogens is 370 g/mol. The maximum atomic E-state index is 12.4. The van der Waals surface area contributed by atoms with Crippen LogP contribution in [0.5, 0.6) is 0 Å². The zero-order valence-electron chi connectivity index (χ0n) is 14.7. The predicted octanol–water partition coefficient (Wildman–Crippen LogP) is 1.20. The van der Waals surface area contributed by atoms with E-state index >= 15 is 0 Å². The van der Waals surface area contributed by atoms with Gasteiger partial charge >= 0.3 is 5.97 Å². The van der Waals surface area contributed by atoms with Crippen LogP contribution in [-0.2, 0) is 19.4 Å². The van der Waals surface area contributed by atoms with Crippen LogP contribution in [0.25, 0.3) is 0 Å². The van der Waals surface area contributed by atoms with Crippen LogP contribution in [0, 0.1) is 0 Å². The van der Waals surface area contributed by atoms with Gasteiger partial charge in [0, 0.05) is 24.5 Å². The second kappa shape index (κ2) is 9.91. The lowest BCUT2D eigenvalue weighted by Crippen LogP contribution is -2.30. The monoisotopic (exact) mass is 393 g/mol. The molecule has 0 saturated carbocycles. The number of hydrogen-bond acceptors (Lipinski definition) is 7. The fourth-order valence-corrected chi connectivity index (χ4v) is 3.49. The molecule has 0 bridgehead atoms. The molecule has 1 heterocycles. The van der Waals surface area contributed by atoms with Gasteiger partial charge in [0.2, 0.25) is 9.84 Å². The van der Waals surface area contributed by atoms with E-state index in [0.29, 0.717) is 11.4 Å². The minimum Gasteiger partial charge on any atom is -0.480 e. The summed E-state index contributed by atoms with van der Waals surface area (Å²) >= 11 is 0. The molecular formula is C18H23N3O5S. The molecule has 1 aliphatic heterocycles. The molecule has 1 saturated heterocycles. The van der Waals surface area contributed by atoms with Crippen LogP contribution in [0.1, 0.15) is 0 Å². The summed E-state index contributed by atoms with van der Waals surface area (Å²) < 4.78 is 29.7. The van der Waals surface area contributed by atoms with E-state index in [2.05, 4.69) is 10.6 Å². The summed E-state index contributed by atoms with van der Waals surface area (Å²) in [5, 5.41) is 14.4. The highest BCUT2D eigenvalue weighted by Crippen LogP contribution is 2.23. The van der Waals surface area contributed by atoms with E-state index in [-0.39, 0.29) is 16.3 Å². The van der Waals surface area contributed by atoms with Gasteiger partial charge in [-0.2, -0.15) is 0 Å². The Morgan fingerprint density at radius 1 is 1.04 bits per heavy atom. The first-order valence-electron chi connectivity index (χ1n) is 8.34. The fourth-order valence-electron chi connectivity index (χ4n) is 2.23. The minimum atomic E-state index is -3.60. The molecule has 0 aromatic heterocycles. The SMILES string of the molecule is C1COCCN1.Nc1ccc(S(=O)(=O)c2ccc(NCC(=O)O)cc2)cc1. The standard InChI is InChI=1S/C14H14N2O4S.C4H9NO/c15-10-1-5-12(6-2-10)21(19,20)13-7-3-11(4-8-13)16-9-14(17)18;1-3-6-4-2-5-1/h1-8,16H,9,15H2,(H,17,18);5H,1-4H2. The second-order valence-electron chi connectivity index (χ2n) is 5.71. The highest BCUT2D eigenvalue weighted by atomic mass is 32.2. The molecule has 3 rings (SSSR count). The second-order valence-corrected chi connectivity index (χ2v) is 7.66. The van der Waals surface area contributed by atoms with Crippen molar-refractivity contribution in [3.63, 3.8) is 0 Å². The Hall–Kier alpha value is -2.62. The summed E-state index contributed by atoms with van der Waals surface area (Å²) in [4.78, 5) is 10.7. The molecule has 8 nitrogen and oxygen atoms in total. The Balaban J connectivity index is 0.000000369. The first kappa shape index (κ1) is 20.7. The number of aliphatic carboxylic acids is 1. The van der Waals surface area contributed by atoms with Gasteiger partial charge in [-0.05, 0) is 48.5 Å². The van der Waals surface area contributed by atoms with Crippen molar-refractivity contribution in [1.82, 2.24) is 5.32 Å². The Morgan fingerprint density at radius 3 is 1.96 bits per heavy atom. The number of carbonyl (C=O) groups is 1. The minimum absolute atomic E-state index is 0.133. The smallest absolute Gasteiger partial charge is 0.322 e. The van der Waals surface area contributed by atoms with Crippen LogP contribution in [0.4, 0.5) is 11.4 Å². The molecule has 27 heavy (non-hydrogen) atoms. The number of benzene rings is 2. The molecule has 146 valence electrons. The summed E-state index contributed by atoms with van der Waals surface area (Å²) in [6, 6.07) is 11.8. The van der Waals surface area contributed by atoms with Crippen LogP contribution >= 0.6 is 0 Å². The van der Waals surface area contributed by atoms with Crippen LogP contribution < -0.4 is 16.4 Å². The number of nitrogen functional groups attached to an aromatic ring is 1. The number of anilines is 2. The summed E-state index contributed by atoms with van der Waals surface area (Å²) in [6.07, 6.45) is 0. The number of rotatable bonds is 5. The van der Waals surface area contributed by atoms with Gasteiger partial charge in [-0.1, -0.05) is 0 Å². The maximum Gasteiger partial charge on any atom is 0.322 e. The molecule has 9 heteroatoms. The number of hydrogen-bond donors (Lipinski definition) is 4. The lowest BCUT2D eigenvalue weighted by molar-refractivity contribution is -0.134. The Bertz CT molecular complexity index is 821. The van der Waals surface area contributed by atoms with Crippen molar-refractivity contribution in [3.8, 4) is 0 Å². The molecule has 2 aromatic carbocycles. The first-order valence-corrected chi connectivity index (χ1v) is 9.83. The van der Waals surface area contributed by atoms with Crippen molar-refractivity contribution in [1.29, 1.82) is 0 Å². The van der Waals surface area contributed by atoms with Gasteiger partial charge in [-0.15, -0.1) is 0 Å². The van der Waals surface area contributed by atoms with Gasteiger partial charge in [-0.25, -0.2) is 8.42 Å². The van der Waals surface area contributed by atoms with Crippen LogP contribution in [0.3, 0.4) is 0 Å². The Labute approximate surface area is 158 Å². The fraction of sp³-hybridized carbons (Fsp3) is 0.278. The number of sulfone groups is 1. The molecule has 0 aliphatic carbocycles. The molecule has 0 atom stereocenters. The summed E-state index contributed by atoms with van der Waals surface area (Å²) in [5.74, 6) is -0.992. The molecule has 1 fully saturated rings. The summed E-state index contributed by atoms with van der Waals surface area (Å²) in [7, 11) is -3.60. The third-order valence-corrected chi connectivity index (χ3v) is 5.43. The highest BCUT2D eigenvalue weighted by molar-refractivity contribution is 7.91. The van der Waals surface area contributed by atoms with Crippen LogP contribution in [-0.4, -0.2) is 52.3 Å². The molecule has 2 aromatic rings. The molecule has 5 N–H and O–H groups in total. The molecule has 0 unspecified atom stereocenters. The van der Waals surface area contributed by atoms with Gasteiger partial charge in [0.25, 0.3) is 0 Å². The normalized spacial score (nSPS) is 13.9. The Kier molecular flexibility index (Phi) is 7.59. The zero-order chi connectivity index (χ0) is 19.7. The van der Waals surface area contributed by atoms with Crippen molar-refractivity contribution in [2.75, 3.05) is 43.9 Å². The number of carboxylic acids is 1. The van der Waals surface area contributed by atoms with Gasteiger partial charge in [-0.3, -0.25) is 4.79 Å². The molecule has 0 spiro atoms. The third kappa shape index (κ3) is 6.55. The van der Waals surface area contributed by atoms with E-state index in [0.717, 1.165) is 26.3 Å². The average molecular weight is 393 g/mol. The van der Waals surface area contributed by atoms with Crippen LogP contribution in [0.15, 0.2) is 58.3 Å². The van der Waals surface area contributed by atoms with E-state index in [4.69, 9.17) is 15.6 Å². The largest absolute Gasteiger partial charge is 0.480 e. The van der Waals surface area contributed by atoms with Crippen LogP contribution in [0.2, 0.25) is 0 Å². The maximum absolute atomic E-state index is 12.4. The van der Waals surface area contributed by atoms with Crippen molar-refractivity contribution in [3.05, 3.63) is 48.5 Å². The quantitative estimate of drug-likeness (QED) is 0.558. The van der Waals surface area contributed by atoms with Crippen molar-refractivity contribution in [2.24, 2.45) is 0 Å². The number of nitrogens with two attached hydrogens (primary N) is 1. The van der Waals surface area contributed by atoms with Gasteiger partial charge in [0.05, 0.1) is 23.0 Å². The third-order valence-electron chi connectivity index (χ3n) is 3.65. The predicted molar refractivity (Wildman–Crippen MR) is 103 cm³/mol. The van der Waals surface area contributed by atoms with Crippen molar-refractivity contribution in [2.45, 2.75) is 9.79 Å². The topological polar surface area (TPSA) is 131 Å². The average Bonchev–Trinajstić information content (AvgIpc) is 2.69. The molecule has 1 aliphatic rings. The molecule has 0 amide bonds. The van der Waals surface area contributed by atoms with E-state index in [1.54, 1.807) is 0 Å². The van der Waals surface area contributed by atoms with Gasteiger partial charge in [0.1, 0.15) is 6.54 Å². The number of nitrogens with one attached hydrogen (secondary N) is 2. The summed E-state index contributed by atoms with van der Waals surface area (Å²) in [6.45, 7) is 3.60. The van der Waals surface area contributed by atoms with Gasteiger partial charge in [0.15, 0.2) is 0 Å². The van der Waals surface area contributed by atoms with E-state index in [1.807, 2.05) is 0 Å². The number of carboxylic acid groups (broad SMARTS) is 1. The lowest BCUT2D eigenvalue weighted by Gasteiger charge is -2.10. The zero-order valence-corrected chi connectivity index (χ0v) is 15.5. The first-order chi connectivity index (χ1) is 12.9. The van der Waals surface area contributed by atoms with Gasteiger partial charge < -0.3 is 26.2 Å². The molecule has 0 radical (unpaired) electrons. The number of ether oxygens (including phenoxy) is 1.